The largest absolute Gasteiger partial charge is 0.396 e. The first-order valence-electron chi connectivity index (χ1n) is 7.95. The fraction of sp³-hybridized carbons (Fsp3) is 0.647. The van der Waals surface area contributed by atoms with E-state index in [4.69, 9.17) is 11.6 Å². The van der Waals surface area contributed by atoms with E-state index < -0.39 is 0 Å². The molecule has 0 bridgehead atoms. The van der Waals surface area contributed by atoms with Gasteiger partial charge in [0, 0.05) is 42.5 Å². The Morgan fingerprint density at radius 2 is 2.24 bits per heavy atom. The second-order valence-electron chi connectivity index (χ2n) is 6.40. The maximum Gasteiger partial charge on any atom is 0.0476 e. The van der Waals surface area contributed by atoms with E-state index >= 15 is 0 Å². The van der Waals surface area contributed by atoms with E-state index in [-0.39, 0.29) is 6.61 Å². The van der Waals surface area contributed by atoms with Crippen molar-refractivity contribution in [2.45, 2.75) is 33.2 Å². The quantitative estimate of drug-likeness (QED) is 0.846. The van der Waals surface area contributed by atoms with Crippen LogP contribution in [0.2, 0.25) is 5.02 Å². The summed E-state index contributed by atoms with van der Waals surface area (Å²) >= 11 is 6.42. The Bertz CT molecular complexity index is 450. The van der Waals surface area contributed by atoms with Crippen molar-refractivity contribution in [2.24, 2.45) is 11.8 Å². The van der Waals surface area contributed by atoms with Gasteiger partial charge in [-0.05, 0) is 43.4 Å². The second-order valence-corrected chi connectivity index (χ2v) is 6.81. The number of hydrogen-bond acceptors (Lipinski definition) is 3. The Balaban J connectivity index is 2.12. The van der Waals surface area contributed by atoms with Crippen LogP contribution in [0.1, 0.15) is 32.3 Å². The molecule has 0 aromatic heterocycles. The van der Waals surface area contributed by atoms with Gasteiger partial charge in [0.1, 0.15) is 0 Å². The monoisotopic (exact) mass is 310 g/mol. The van der Waals surface area contributed by atoms with Gasteiger partial charge in [0.05, 0.1) is 0 Å². The summed E-state index contributed by atoms with van der Waals surface area (Å²) in [5.41, 5.74) is 2.40. The first kappa shape index (κ1) is 16.6. The highest BCUT2D eigenvalue weighted by Gasteiger charge is 2.21. The lowest BCUT2D eigenvalue weighted by molar-refractivity contribution is 0.208. The number of aliphatic hydroxyl groups is 1. The molecule has 1 aliphatic rings. The van der Waals surface area contributed by atoms with Crippen molar-refractivity contribution in [3.05, 3.63) is 28.8 Å². The summed E-state index contributed by atoms with van der Waals surface area (Å²) in [6, 6.07) is 6.13. The Kier molecular flexibility index (Phi) is 6.34. The van der Waals surface area contributed by atoms with E-state index in [2.05, 4.69) is 30.1 Å². The fourth-order valence-electron chi connectivity index (χ4n) is 2.94. The summed E-state index contributed by atoms with van der Waals surface area (Å²) in [6.45, 7) is 8.45. The van der Waals surface area contributed by atoms with Crippen molar-refractivity contribution < 1.29 is 5.11 Å². The number of halogens is 1. The molecule has 0 aliphatic carbocycles. The van der Waals surface area contributed by atoms with Crippen molar-refractivity contribution in [1.29, 1.82) is 0 Å². The third-order valence-corrected chi connectivity index (χ3v) is 4.42. The maximum atomic E-state index is 9.42. The van der Waals surface area contributed by atoms with Crippen molar-refractivity contribution in [3.8, 4) is 0 Å². The van der Waals surface area contributed by atoms with Crippen LogP contribution in [0, 0.1) is 11.8 Å². The topological polar surface area (TPSA) is 35.5 Å². The van der Waals surface area contributed by atoms with Gasteiger partial charge in [-0.25, -0.2) is 0 Å². The molecule has 1 unspecified atom stereocenters. The van der Waals surface area contributed by atoms with Gasteiger partial charge < -0.3 is 15.3 Å². The molecule has 1 aromatic rings. The molecule has 0 saturated carbocycles. The predicted octanol–water partition coefficient (Wildman–Crippen LogP) is 3.29. The van der Waals surface area contributed by atoms with Crippen LogP contribution in [0.15, 0.2) is 18.2 Å². The molecule has 2 N–H and O–H groups in total. The van der Waals surface area contributed by atoms with E-state index in [0.29, 0.717) is 11.8 Å². The Morgan fingerprint density at radius 1 is 1.43 bits per heavy atom. The van der Waals surface area contributed by atoms with Crippen LogP contribution < -0.4 is 10.2 Å². The number of benzene rings is 1. The lowest BCUT2D eigenvalue weighted by Gasteiger charge is -2.35. The number of nitrogens with zero attached hydrogens (tertiary/aromatic N) is 1. The lowest BCUT2D eigenvalue weighted by Crippen LogP contribution is -2.37. The summed E-state index contributed by atoms with van der Waals surface area (Å²) in [6.07, 6.45) is 2.26. The number of hydrogen-bond donors (Lipinski definition) is 2. The molecule has 1 fully saturated rings. The highest BCUT2D eigenvalue weighted by molar-refractivity contribution is 6.31. The SMILES string of the molecule is CC(C)CNCc1c(Cl)cccc1N1CCCC(CO)C1. The van der Waals surface area contributed by atoms with Crippen LogP contribution >= 0.6 is 11.6 Å². The summed E-state index contributed by atoms with van der Waals surface area (Å²) in [5.74, 6) is 1.01. The van der Waals surface area contributed by atoms with Gasteiger partial charge in [-0.15, -0.1) is 0 Å². The van der Waals surface area contributed by atoms with Crippen LogP contribution in [0.5, 0.6) is 0 Å². The van der Waals surface area contributed by atoms with Gasteiger partial charge in [0.25, 0.3) is 0 Å². The first-order valence-corrected chi connectivity index (χ1v) is 8.33. The molecule has 21 heavy (non-hydrogen) atoms. The molecule has 2 rings (SSSR count). The Labute approximate surface area is 133 Å². The molecular weight excluding hydrogens is 284 g/mol. The molecule has 4 heteroatoms. The van der Waals surface area contributed by atoms with Crippen LogP contribution in [-0.2, 0) is 6.54 Å². The molecule has 1 heterocycles. The van der Waals surface area contributed by atoms with Crippen LogP contribution in [-0.4, -0.2) is 31.3 Å². The third kappa shape index (κ3) is 4.60. The van der Waals surface area contributed by atoms with Gasteiger partial charge in [-0.1, -0.05) is 31.5 Å². The predicted molar refractivity (Wildman–Crippen MR) is 90.0 cm³/mol. The normalized spacial score (nSPS) is 19.3. The lowest BCUT2D eigenvalue weighted by atomic mass is 9.97. The molecule has 0 amide bonds. The number of piperidine rings is 1. The molecule has 1 atom stereocenters. The van der Waals surface area contributed by atoms with Crippen LogP contribution in [0.3, 0.4) is 0 Å². The summed E-state index contributed by atoms with van der Waals surface area (Å²) in [4.78, 5) is 2.38. The van der Waals surface area contributed by atoms with Crippen molar-refractivity contribution >= 4 is 17.3 Å². The van der Waals surface area contributed by atoms with Crippen molar-refractivity contribution in [1.82, 2.24) is 5.32 Å². The molecular formula is C17H27ClN2O. The van der Waals surface area contributed by atoms with E-state index in [9.17, 15) is 5.11 Å². The van der Waals surface area contributed by atoms with Crippen LogP contribution in [0.25, 0.3) is 0 Å². The minimum Gasteiger partial charge on any atom is -0.396 e. The van der Waals surface area contributed by atoms with Gasteiger partial charge in [0.2, 0.25) is 0 Å². The number of aliphatic hydroxyl groups excluding tert-OH is 1. The summed E-state index contributed by atoms with van der Waals surface area (Å²) in [5, 5.41) is 13.7. The van der Waals surface area contributed by atoms with Crippen molar-refractivity contribution in [2.75, 3.05) is 31.1 Å². The zero-order valence-corrected chi connectivity index (χ0v) is 13.9. The van der Waals surface area contributed by atoms with Gasteiger partial charge in [0.15, 0.2) is 0 Å². The van der Waals surface area contributed by atoms with Gasteiger partial charge in [-0.2, -0.15) is 0 Å². The zero-order chi connectivity index (χ0) is 15.2. The Morgan fingerprint density at radius 3 is 2.95 bits per heavy atom. The average molecular weight is 311 g/mol. The zero-order valence-electron chi connectivity index (χ0n) is 13.1. The highest BCUT2D eigenvalue weighted by atomic mass is 35.5. The number of rotatable bonds is 6. The highest BCUT2D eigenvalue weighted by Crippen LogP contribution is 2.30. The van der Waals surface area contributed by atoms with E-state index in [1.807, 2.05) is 12.1 Å². The van der Waals surface area contributed by atoms with Crippen LogP contribution in [0.4, 0.5) is 5.69 Å². The molecule has 1 aliphatic heterocycles. The molecule has 118 valence electrons. The molecule has 1 saturated heterocycles. The summed E-state index contributed by atoms with van der Waals surface area (Å²) in [7, 11) is 0. The molecule has 1 aromatic carbocycles. The van der Waals surface area contributed by atoms with Gasteiger partial charge in [-0.3, -0.25) is 0 Å². The van der Waals surface area contributed by atoms with Crippen molar-refractivity contribution in [3.63, 3.8) is 0 Å². The first-order chi connectivity index (χ1) is 10.1. The molecule has 0 radical (unpaired) electrons. The van der Waals surface area contributed by atoms with E-state index in [1.165, 1.54) is 11.3 Å². The van der Waals surface area contributed by atoms with Gasteiger partial charge >= 0.3 is 0 Å². The summed E-state index contributed by atoms with van der Waals surface area (Å²) < 4.78 is 0. The fourth-order valence-corrected chi connectivity index (χ4v) is 3.17. The van der Waals surface area contributed by atoms with E-state index in [0.717, 1.165) is 44.0 Å². The molecule has 0 spiro atoms. The van der Waals surface area contributed by atoms with E-state index in [1.54, 1.807) is 0 Å². The third-order valence-electron chi connectivity index (χ3n) is 4.07. The standard InChI is InChI=1S/C17H27ClN2O/c1-13(2)9-19-10-15-16(18)6-3-7-17(15)20-8-4-5-14(11-20)12-21/h3,6-7,13-14,19,21H,4-5,8-12H2,1-2H3. The minimum absolute atomic E-state index is 0.276. The second kappa shape index (κ2) is 8.02. The maximum absolute atomic E-state index is 9.42. The average Bonchev–Trinajstić information content (AvgIpc) is 2.48. The number of anilines is 1. The number of nitrogens with one attached hydrogen (secondary N) is 1. The minimum atomic E-state index is 0.276. The smallest absolute Gasteiger partial charge is 0.0476 e. The Hall–Kier alpha value is -0.770. The molecule has 3 nitrogen and oxygen atoms in total.